The Kier molecular flexibility index (Phi) is 6.50. The number of para-hydroxylation sites is 2. The number of hydrogen-bond donors (Lipinski definition) is 0. The standard InChI is InChI=1S/C20H22N2O6S/c1-29(25,26)22-13-11-21(12-14-22)19(23)15-27-20(24)17-9-5-6-10-18(17)28-16-7-3-2-4-8-16/h2-10H,11-15H2,1H3. The topological polar surface area (TPSA) is 93.2 Å². The third kappa shape index (κ3) is 5.55. The summed E-state index contributed by atoms with van der Waals surface area (Å²) >= 11 is 0. The molecule has 1 fully saturated rings. The number of piperazine rings is 1. The Balaban J connectivity index is 1.57. The molecule has 0 aromatic heterocycles. The molecule has 1 aliphatic heterocycles. The monoisotopic (exact) mass is 418 g/mol. The molecule has 3 rings (SSSR count). The second-order valence-corrected chi connectivity index (χ2v) is 8.51. The average molecular weight is 418 g/mol. The van der Waals surface area contributed by atoms with Crippen LogP contribution in [0.25, 0.3) is 0 Å². The van der Waals surface area contributed by atoms with E-state index in [0.717, 1.165) is 6.26 Å². The van der Waals surface area contributed by atoms with Crippen molar-refractivity contribution in [2.75, 3.05) is 39.0 Å². The molecule has 0 unspecified atom stereocenters. The summed E-state index contributed by atoms with van der Waals surface area (Å²) in [4.78, 5) is 26.3. The highest BCUT2D eigenvalue weighted by atomic mass is 32.2. The molecule has 0 aliphatic carbocycles. The number of carbonyl (C=O) groups is 2. The summed E-state index contributed by atoms with van der Waals surface area (Å²) in [6.07, 6.45) is 1.14. The second-order valence-electron chi connectivity index (χ2n) is 6.53. The number of esters is 1. The van der Waals surface area contributed by atoms with E-state index in [1.165, 1.54) is 9.21 Å². The van der Waals surface area contributed by atoms with E-state index in [1.807, 2.05) is 18.2 Å². The van der Waals surface area contributed by atoms with Crippen molar-refractivity contribution in [1.82, 2.24) is 9.21 Å². The number of amides is 1. The number of nitrogens with zero attached hydrogens (tertiary/aromatic N) is 2. The first kappa shape index (κ1) is 20.8. The number of ether oxygens (including phenoxy) is 2. The van der Waals surface area contributed by atoms with Gasteiger partial charge in [0, 0.05) is 26.2 Å². The molecule has 8 nitrogen and oxygen atoms in total. The molecule has 0 spiro atoms. The number of carbonyl (C=O) groups excluding carboxylic acids is 2. The summed E-state index contributed by atoms with van der Waals surface area (Å²) < 4.78 is 35.3. The molecule has 2 aromatic rings. The van der Waals surface area contributed by atoms with Crippen molar-refractivity contribution in [2.45, 2.75) is 0 Å². The van der Waals surface area contributed by atoms with Crippen molar-refractivity contribution < 1.29 is 27.5 Å². The molecule has 0 N–H and O–H groups in total. The van der Waals surface area contributed by atoms with Gasteiger partial charge in [0.15, 0.2) is 6.61 Å². The van der Waals surface area contributed by atoms with Crippen LogP contribution in [0.3, 0.4) is 0 Å². The fraction of sp³-hybridized carbons (Fsp3) is 0.300. The molecule has 1 amide bonds. The van der Waals surface area contributed by atoms with Crippen LogP contribution in [0.4, 0.5) is 0 Å². The van der Waals surface area contributed by atoms with Crippen LogP contribution in [0.15, 0.2) is 54.6 Å². The Morgan fingerprint density at radius 1 is 0.931 bits per heavy atom. The van der Waals surface area contributed by atoms with Crippen LogP contribution in [0.2, 0.25) is 0 Å². The minimum Gasteiger partial charge on any atom is -0.456 e. The Hall–Kier alpha value is -2.91. The van der Waals surface area contributed by atoms with E-state index in [2.05, 4.69) is 0 Å². The molecule has 0 atom stereocenters. The van der Waals surface area contributed by atoms with Crippen molar-refractivity contribution in [2.24, 2.45) is 0 Å². The van der Waals surface area contributed by atoms with Gasteiger partial charge >= 0.3 is 5.97 Å². The lowest BCUT2D eigenvalue weighted by Gasteiger charge is -2.33. The highest BCUT2D eigenvalue weighted by Gasteiger charge is 2.26. The third-order valence-electron chi connectivity index (χ3n) is 4.47. The normalized spacial score (nSPS) is 15.0. The lowest BCUT2D eigenvalue weighted by molar-refractivity contribution is -0.135. The molecule has 29 heavy (non-hydrogen) atoms. The van der Waals surface area contributed by atoms with E-state index in [1.54, 1.807) is 36.4 Å². The Morgan fingerprint density at radius 3 is 2.21 bits per heavy atom. The van der Waals surface area contributed by atoms with Crippen molar-refractivity contribution in [1.29, 1.82) is 0 Å². The van der Waals surface area contributed by atoms with Crippen LogP contribution < -0.4 is 4.74 Å². The maximum atomic E-state index is 12.5. The molecule has 1 heterocycles. The van der Waals surface area contributed by atoms with Gasteiger partial charge in [0.25, 0.3) is 5.91 Å². The fourth-order valence-corrected chi connectivity index (χ4v) is 3.73. The van der Waals surface area contributed by atoms with E-state index in [4.69, 9.17) is 9.47 Å². The molecule has 0 bridgehead atoms. The van der Waals surface area contributed by atoms with Gasteiger partial charge in [-0.25, -0.2) is 13.2 Å². The predicted molar refractivity (Wildman–Crippen MR) is 106 cm³/mol. The van der Waals surface area contributed by atoms with Gasteiger partial charge in [0.1, 0.15) is 17.1 Å². The van der Waals surface area contributed by atoms with Gasteiger partial charge in [0.05, 0.1) is 6.26 Å². The second kappa shape index (κ2) is 9.06. The van der Waals surface area contributed by atoms with Crippen molar-refractivity contribution in [3.05, 3.63) is 60.2 Å². The molecule has 0 radical (unpaired) electrons. The number of hydrogen-bond acceptors (Lipinski definition) is 6. The number of sulfonamides is 1. The number of rotatable bonds is 6. The van der Waals surface area contributed by atoms with E-state index < -0.39 is 22.6 Å². The van der Waals surface area contributed by atoms with E-state index in [-0.39, 0.29) is 37.6 Å². The van der Waals surface area contributed by atoms with Crippen molar-refractivity contribution in [3.8, 4) is 11.5 Å². The highest BCUT2D eigenvalue weighted by molar-refractivity contribution is 7.88. The van der Waals surface area contributed by atoms with Gasteiger partial charge in [-0.3, -0.25) is 4.79 Å². The van der Waals surface area contributed by atoms with Gasteiger partial charge < -0.3 is 14.4 Å². The van der Waals surface area contributed by atoms with Crippen LogP contribution >= 0.6 is 0 Å². The Morgan fingerprint density at radius 2 is 1.55 bits per heavy atom. The van der Waals surface area contributed by atoms with Crippen molar-refractivity contribution in [3.63, 3.8) is 0 Å². The first-order valence-electron chi connectivity index (χ1n) is 9.06. The maximum Gasteiger partial charge on any atom is 0.342 e. The zero-order valence-corrected chi connectivity index (χ0v) is 16.8. The summed E-state index contributed by atoms with van der Waals surface area (Å²) in [6, 6.07) is 15.7. The van der Waals surface area contributed by atoms with Gasteiger partial charge in [0.2, 0.25) is 10.0 Å². The zero-order chi connectivity index (χ0) is 20.9. The minimum absolute atomic E-state index is 0.214. The fourth-order valence-electron chi connectivity index (χ4n) is 2.91. The van der Waals surface area contributed by atoms with Gasteiger partial charge in [-0.1, -0.05) is 30.3 Å². The summed E-state index contributed by atoms with van der Waals surface area (Å²) in [6.45, 7) is 0.560. The Bertz CT molecular complexity index is 969. The van der Waals surface area contributed by atoms with Crippen LogP contribution in [-0.2, 0) is 19.6 Å². The van der Waals surface area contributed by atoms with Crippen LogP contribution in [0, 0.1) is 0 Å². The lowest BCUT2D eigenvalue weighted by atomic mass is 10.2. The minimum atomic E-state index is -3.27. The number of benzene rings is 2. The summed E-state index contributed by atoms with van der Waals surface area (Å²) in [5, 5.41) is 0. The summed E-state index contributed by atoms with van der Waals surface area (Å²) in [5.41, 5.74) is 0.214. The first-order valence-corrected chi connectivity index (χ1v) is 10.9. The molecule has 0 saturated carbocycles. The SMILES string of the molecule is CS(=O)(=O)N1CCN(C(=O)COC(=O)c2ccccc2Oc2ccccc2)CC1. The van der Waals surface area contributed by atoms with E-state index in [0.29, 0.717) is 11.5 Å². The molecule has 1 aliphatic rings. The lowest BCUT2D eigenvalue weighted by Crippen LogP contribution is -2.51. The maximum absolute atomic E-state index is 12.5. The van der Waals surface area contributed by atoms with Gasteiger partial charge in [-0.15, -0.1) is 0 Å². The van der Waals surface area contributed by atoms with Gasteiger partial charge in [-0.05, 0) is 24.3 Å². The largest absolute Gasteiger partial charge is 0.456 e. The molecular weight excluding hydrogens is 396 g/mol. The van der Waals surface area contributed by atoms with E-state index in [9.17, 15) is 18.0 Å². The van der Waals surface area contributed by atoms with E-state index >= 15 is 0 Å². The summed E-state index contributed by atoms with van der Waals surface area (Å²) in [7, 11) is -3.27. The Labute approximate surface area is 169 Å². The smallest absolute Gasteiger partial charge is 0.342 e. The van der Waals surface area contributed by atoms with Crippen LogP contribution in [0.1, 0.15) is 10.4 Å². The molecule has 154 valence electrons. The molecular formula is C20H22N2O6S. The predicted octanol–water partition coefficient (Wildman–Crippen LogP) is 1.74. The average Bonchev–Trinajstić information content (AvgIpc) is 2.72. The molecule has 1 saturated heterocycles. The highest BCUT2D eigenvalue weighted by Crippen LogP contribution is 2.25. The summed E-state index contributed by atoms with van der Waals surface area (Å²) in [5.74, 6) is -0.127. The van der Waals surface area contributed by atoms with Gasteiger partial charge in [-0.2, -0.15) is 4.31 Å². The van der Waals surface area contributed by atoms with Crippen LogP contribution in [0.5, 0.6) is 11.5 Å². The molecule has 2 aromatic carbocycles. The van der Waals surface area contributed by atoms with Crippen LogP contribution in [-0.4, -0.2) is 68.5 Å². The quantitative estimate of drug-likeness (QED) is 0.664. The first-order chi connectivity index (χ1) is 13.8. The van der Waals surface area contributed by atoms with Crippen molar-refractivity contribution >= 4 is 21.9 Å². The zero-order valence-electron chi connectivity index (χ0n) is 16.0. The third-order valence-corrected chi connectivity index (χ3v) is 5.77. The molecule has 9 heteroatoms.